The molecule has 0 spiro atoms. The highest BCUT2D eigenvalue weighted by atomic mass is 32.2. The molecular weight excluding hydrogens is 248 g/mol. The molecule has 6 heteroatoms. The summed E-state index contributed by atoms with van der Waals surface area (Å²) < 4.78 is 27.0. The monoisotopic (exact) mass is 262 g/mol. The first kappa shape index (κ1) is 13.2. The number of carbonyl (C=O) groups excluding carboxylic acids is 1. The summed E-state index contributed by atoms with van der Waals surface area (Å²) in [4.78, 5) is 12.4. The van der Waals surface area contributed by atoms with Gasteiger partial charge in [0, 0.05) is 11.1 Å². The average Bonchev–Trinajstić information content (AvgIpc) is 2.66. The highest BCUT2D eigenvalue weighted by molar-refractivity contribution is 7.90. The normalized spacial score (nSPS) is 13.4. The van der Waals surface area contributed by atoms with Crippen LogP contribution in [0.2, 0.25) is 0 Å². The molecule has 90 valence electrons. The fourth-order valence-electron chi connectivity index (χ4n) is 1.41. The van der Waals surface area contributed by atoms with Crippen molar-refractivity contribution < 1.29 is 17.9 Å². The van der Waals surface area contributed by atoms with Gasteiger partial charge in [-0.2, -0.15) is 0 Å². The molecule has 1 rings (SSSR count). The number of carbonyl (C=O) groups is 1. The van der Waals surface area contributed by atoms with Gasteiger partial charge in [-0.15, -0.1) is 11.3 Å². The van der Waals surface area contributed by atoms with Crippen molar-refractivity contribution in [1.29, 1.82) is 0 Å². The topological polar surface area (TPSA) is 60.4 Å². The lowest BCUT2D eigenvalue weighted by Gasteiger charge is -2.12. The molecule has 1 unspecified atom stereocenters. The quantitative estimate of drug-likeness (QED) is 0.746. The Kier molecular flexibility index (Phi) is 4.49. The standard InChI is InChI=1S/C10H14O4S2/c1-14-10(11)8(7-16(2,12)13)6-9-4-3-5-15-9/h3-5,8H,6-7H2,1-2H3. The van der Waals surface area contributed by atoms with E-state index in [2.05, 4.69) is 4.74 Å². The average molecular weight is 262 g/mol. The fourth-order valence-corrected chi connectivity index (χ4v) is 3.19. The first-order valence-corrected chi connectivity index (χ1v) is 7.64. The van der Waals surface area contributed by atoms with Crippen LogP contribution in [0.1, 0.15) is 4.88 Å². The molecule has 0 saturated carbocycles. The van der Waals surface area contributed by atoms with E-state index in [0.29, 0.717) is 6.42 Å². The second kappa shape index (κ2) is 5.45. The van der Waals surface area contributed by atoms with Crippen molar-refractivity contribution in [2.24, 2.45) is 5.92 Å². The van der Waals surface area contributed by atoms with E-state index in [0.717, 1.165) is 11.1 Å². The van der Waals surface area contributed by atoms with E-state index in [1.54, 1.807) is 0 Å². The molecular formula is C10H14O4S2. The number of thiophene rings is 1. The maximum absolute atomic E-state index is 11.4. The van der Waals surface area contributed by atoms with Gasteiger partial charge in [0.1, 0.15) is 9.84 Å². The van der Waals surface area contributed by atoms with Gasteiger partial charge in [0.15, 0.2) is 0 Å². The Balaban J connectivity index is 2.76. The molecule has 4 nitrogen and oxygen atoms in total. The van der Waals surface area contributed by atoms with Crippen molar-refractivity contribution in [3.05, 3.63) is 22.4 Å². The van der Waals surface area contributed by atoms with Crippen LogP contribution in [0.25, 0.3) is 0 Å². The van der Waals surface area contributed by atoms with Crippen molar-refractivity contribution in [3.63, 3.8) is 0 Å². The van der Waals surface area contributed by atoms with E-state index >= 15 is 0 Å². The maximum Gasteiger partial charge on any atom is 0.310 e. The summed E-state index contributed by atoms with van der Waals surface area (Å²) >= 11 is 1.50. The van der Waals surface area contributed by atoms with Gasteiger partial charge in [-0.1, -0.05) is 6.07 Å². The molecule has 1 aromatic rings. The number of esters is 1. The molecule has 1 heterocycles. The Hall–Kier alpha value is -0.880. The number of hydrogen-bond acceptors (Lipinski definition) is 5. The molecule has 0 radical (unpaired) electrons. The maximum atomic E-state index is 11.4. The van der Waals surface area contributed by atoms with E-state index < -0.39 is 21.7 Å². The Morgan fingerprint density at radius 3 is 2.69 bits per heavy atom. The molecule has 0 bridgehead atoms. The lowest BCUT2D eigenvalue weighted by Crippen LogP contribution is -2.26. The lowest BCUT2D eigenvalue weighted by molar-refractivity contribution is -0.144. The summed E-state index contributed by atoms with van der Waals surface area (Å²) in [5.74, 6) is -1.25. The van der Waals surface area contributed by atoms with Crippen LogP contribution in [0, 0.1) is 5.92 Å². The van der Waals surface area contributed by atoms with Crippen LogP contribution < -0.4 is 0 Å². The van der Waals surface area contributed by atoms with Crippen LogP contribution in [0.5, 0.6) is 0 Å². The fraction of sp³-hybridized carbons (Fsp3) is 0.500. The molecule has 0 amide bonds. The Labute approximate surface area is 99.2 Å². The highest BCUT2D eigenvalue weighted by Crippen LogP contribution is 2.17. The number of ether oxygens (including phenoxy) is 1. The molecule has 0 aliphatic carbocycles. The Morgan fingerprint density at radius 2 is 2.25 bits per heavy atom. The highest BCUT2D eigenvalue weighted by Gasteiger charge is 2.24. The van der Waals surface area contributed by atoms with Gasteiger partial charge < -0.3 is 4.74 Å². The third-order valence-corrected chi connectivity index (χ3v) is 3.97. The SMILES string of the molecule is COC(=O)C(Cc1cccs1)CS(C)(=O)=O. The summed E-state index contributed by atoms with van der Waals surface area (Å²) in [6, 6.07) is 3.75. The zero-order valence-corrected chi connectivity index (χ0v) is 10.8. The Bertz CT molecular complexity index is 433. The van der Waals surface area contributed by atoms with E-state index in [4.69, 9.17) is 0 Å². The molecule has 1 atom stereocenters. The molecule has 16 heavy (non-hydrogen) atoms. The molecule has 0 saturated heterocycles. The van der Waals surface area contributed by atoms with E-state index in [9.17, 15) is 13.2 Å². The van der Waals surface area contributed by atoms with Gasteiger partial charge in [0.25, 0.3) is 0 Å². The minimum absolute atomic E-state index is 0.169. The summed E-state index contributed by atoms with van der Waals surface area (Å²) in [5.41, 5.74) is 0. The van der Waals surface area contributed by atoms with Crippen LogP contribution in [0.3, 0.4) is 0 Å². The third kappa shape index (κ3) is 4.32. The number of sulfone groups is 1. The van der Waals surface area contributed by atoms with Crippen molar-refractivity contribution >= 4 is 27.1 Å². The van der Waals surface area contributed by atoms with Gasteiger partial charge in [0.2, 0.25) is 0 Å². The number of hydrogen-bond donors (Lipinski definition) is 0. The zero-order chi connectivity index (χ0) is 12.2. The minimum atomic E-state index is -3.18. The smallest absolute Gasteiger partial charge is 0.310 e. The van der Waals surface area contributed by atoms with Crippen molar-refractivity contribution in [1.82, 2.24) is 0 Å². The summed E-state index contributed by atoms with van der Waals surface area (Å²) in [6.45, 7) is 0. The predicted molar refractivity (Wildman–Crippen MR) is 63.2 cm³/mol. The van der Waals surface area contributed by atoms with Gasteiger partial charge in [-0.25, -0.2) is 8.42 Å². The van der Waals surface area contributed by atoms with Gasteiger partial charge in [-0.05, 0) is 17.9 Å². The van der Waals surface area contributed by atoms with Crippen LogP contribution in [0.4, 0.5) is 0 Å². The number of rotatable bonds is 5. The van der Waals surface area contributed by atoms with Crippen molar-refractivity contribution in [3.8, 4) is 0 Å². The number of methoxy groups -OCH3 is 1. The first-order valence-electron chi connectivity index (χ1n) is 4.70. The lowest BCUT2D eigenvalue weighted by atomic mass is 10.1. The molecule has 0 fully saturated rings. The van der Waals surface area contributed by atoms with Crippen LogP contribution >= 0.6 is 11.3 Å². The van der Waals surface area contributed by atoms with Crippen LogP contribution in [0.15, 0.2) is 17.5 Å². The molecule has 0 aliphatic heterocycles. The second-order valence-electron chi connectivity index (χ2n) is 3.60. The van der Waals surface area contributed by atoms with Crippen LogP contribution in [-0.2, 0) is 25.8 Å². The summed E-state index contributed by atoms with van der Waals surface area (Å²) in [6.07, 6.45) is 1.54. The van der Waals surface area contributed by atoms with Gasteiger partial charge >= 0.3 is 5.97 Å². The Morgan fingerprint density at radius 1 is 1.56 bits per heavy atom. The van der Waals surface area contributed by atoms with E-state index in [1.807, 2.05) is 17.5 Å². The second-order valence-corrected chi connectivity index (χ2v) is 6.81. The zero-order valence-electron chi connectivity index (χ0n) is 9.17. The van der Waals surface area contributed by atoms with E-state index in [-0.39, 0.29) is 5.75 Å². The molecule has 0 N–H and O–H groups in total. The molecule has 0 aliphatic rings. The van der Waals surface area contributed by atoms with E-state index in [1.165, 1.54) is 18.4 Å². The predicted octanol–water partition coefficient (Wildman–Crippen LogP) is 1.12. The van der Waals surface area contributed by atoms with Crippen molar-refractivity contribution in [2.45, 2.75) is 6.42 Å². The third-order valence-electron chi connectivity index (χ3n) is 2.07. The largest absolute Gasteiger partial charge is 0.469 e. The molecule has 0 aromatic carbocycles. The molecule has 1 aromatic heterocycles. The van der Waals surface area contributed by atoms with Gasteiger partial charge in [0.05, 0.1) is 18.8 Å². The summed E-state index contributed by atoms with van der Waals surface area (Å²) in [7, 11) is -1.91. The minimum Gasteiger partial charge on any atom is -0.469 e. The summed E-state index contributed by atoms with van der Waals surface area (Å²) in [5, 5.41) is 1.89. The first-order chi connectivity index (χ1) is 7.42. The van der Waals surface area contributed by atoms with Gasteiger partial charge in [-0.3, -0.25) is 4.79 Å². The van der Waals surface area contributed by atoms with Crippen molar-refractivity contribution in [2.75, 3.05) is 19.1 Å². The van der Waals surface area contributed by atoms with Crippen LogP contribution in [-0.4, -0.2) is 33.5 Å².